The van der Waals surface area contributed by atoms with Crippen LogP contribution in [0.3, 0.4) is 0 Å². The second-order valence-corrected chi connectivity index (χ2v) is 12.1. The number of rotatable bonds is 3. The third kappa shape index (κ3) is 6.21. The van der Waals surface area contributed by atoms with Crippen LogP contribution < -0.4 is 0 Å². The van der Waals surface area contributed by atoms with E-state index in [0.29, 0.717) is 12.5 Å². The van der Waals surface area contributed by atoms with Crippen LogP contribution in [0.2, 0.25) is 0 Å². The van der Waals surface area contributed by atoms with Gasteiger partial charge in [-0.1, -0.05) is 52.3 Å². The molecule has 0 bridgehead atoms. The quantitative estimate of drug-likeness (QED) is 0.367. The average molecular weight is 578 g/mol. The second-order valence-electron chi connectivity index (χ2n) is 11.1. The van der Waals surface area contributed by atoms with Gasteiger partial charge in [0.2, 0.25) is 0 Å². The van der Waals surface area contributed by atoms with Gasteiger partial charge in [0.25, 0.3) is 0 Å². The Balaban J connectivity index is 0.000000750. The zero-order valence-corrected chi connectivity index (χ0v) is 25.7. The van der Waals surface area contributed by atoms with Crippen molar-refractivity contribution in [2.75, 3.05) is 0 Å². The number of aliphatic hydroxyl groups is 1. The van der Waals surface area contributed by atoms with Crippen LogP contribution in [0, 0.1) is 28.6 Å². The number of fused-ring (bicyclic) bond motifs is 5. The number of halogens is 1. The van der Waals surface area contributed by atoms with Gasteiger partial charge in [0.1, 0.15) is 13.4 Å². The topological polar surface area (TPSA) is 71.8 Å². The first kappa shape index (κ1) is 31.7. The van der Waals surface area contributed by atoms with E-state index >= 15 is 0 Å². The molecule has 1 aromatic heterocycles. The van der Waals surface area contributed by atoms with Crippen LogP contribution in [0.25, 0.3) is 0 Å². The Kier molecular flexibility index (Phi) is 11.6. The van der Waals surface area contributed by atoms with Crippen molar-refractivity contribution in [3.05, 3.63) is 40.1 Å². The molecule has 1 N–H and O–H groups in total. The molecule has 1 heterocycles. The SMILES string of the molecule is C=O.CC.CC.CC12CC/C(=N\OCc3cncc(Br)c3)C=C1CCC1C2CCC2(C)C1CC[C@@]2(C)O. The molecule has 5 rings (SSSR count). The predicted molar refractivity (Wildman–Crippen MR) is 156 cm³/mol. The number of nitrogens with zero attached hydrogens (tertiary/aromatic N) is 2. The fourth-order valence-corrected chi connectivity index (χ4v) is 8.02. The molecular weight excluding hydrogens is 528 g/mol. The Labute approximate surface area is 233 Å². The minimum atomic E-state index is -0.493. The molecule has 4 aliphatic rings. The first-order chi connectivity index (χ1) is 17.7. The first-order valence-corrected chi connectivity index (χ1v) is 15.0. The van der Waals surface area contributed by atoms with Crippen LogP contribution in [0.4, 0.5) is 0 Å². The molecule has 0 amide bonds. The van der Waals surface area contributed by atoms with Crippen LogP contribution in [-0.2, 0) is 16.2 Å². The number of carbonyl (C=O) groups excluding carboxylic acids is 1. The van der Waals surface area contributed by atoms with Crippen LogP contribution in [0.5, 0.6) is 0 Å². The van der Waals surface area contributed by atoms with Crippen molar-refractivity contribution in [3.63, 3.8) is 0 Å². The van der Waals surface area contributed by atoms with E-state index in [4.69, 9.17) is 9.63 Å². The van der Waals surface area contributed by atoms with Crippen LogP contribution in [0.1, 0.15) is 105 Å². The summed E-state index contributed by atoms with van der Waals surface area (Å²) in [5.41, 5.74) is 3.57. The molecule has 5 nitrogen and oxygen atoms in total. The van der Waals surface area contributed by atoms with E-state index < -0.39 is 5.60 Å². The van der Waals surface area contributed by atoms with Gasteiger partial charge in [-0.15, -0.1) is 0 Å². The van der Waals surface area contributed by atoms with Gasteiger partial charge in [-0.3, -0.25) is 4.98 Å². The van der Waals surface area contributed by atoms with E-state index in [1.807, 2.05) is 46.7 Å². The van der Waals surface area contributed by atoms with Crippen LogP contribution in [0.15, 0.2) is 39.7 Å². The van der Waals surface area contributed by atoms with Gasteiger partial charge >= 0.3 is 0 Å². The largest absolute Gasteiger partial charge is 0.391 e. The molecule has 1 aromatic rings. The smallest absolute Gasteiger partial charge is 0.143 e. The monoisotopic (exact) mass is 576 g/mol. The Bertz CT molecular complexity index is 946. The molecule has 6 heteroatoms. The average Bonchev–Trinajstić information content (AvgIpc) is 3.16. The summed E-state index contributed by atoms with van der Waals surface area (Å²) >= 11 is 3.45. The summed E-state index contributed by atoms with van der Waals surface area (Å²) in [5.74, 6) is 2.18. The fraction of sp³-hybridized carbons (Fsp3) is 0.710. The molecule has 208 valence electrons. The van der Waals surface area contributed by atoms with Crippen LogP contribution in [-0.4, -0.2) is 28.2 Å². The highest BCUT2D eigenvalue weighted by atomic mass is 79.9. The number of hydrogen-bond acceptors (Lipinski definition) is 5. The highest BCUT2D eigenvalue weighted by molar-refractivity contribution is 9.10. The maximum absolute atomic E-state index is 11.1. The van der Waals surface area contributed by atoms with Crippen molar-refractivity contribution in [1.29, 1.82) is 0 Å². The van der Waals surface area contributed by atoms with Crippen LogP contribution >= 0.6 is 15.9 Å². The van der Waals surface area contributed by atoms with E-state index in [-0.39, 0.29) is 10.8 Å². The molecule has 0 radical (unpaired) electrons. The lowest BCUT2D eigenvalue weighted by Gasteiger charge is -2.59. The minimum Gasteiger partial charge on any atom is -0.391 e. The summed E-state index contributed by atoms with van der Waals surface area (Å²) in [6.07, 6.45) is 15.1. The Hall–Kier alpha value is -1.53. The normalized spacial score (nSPS) is 36.5. The molecule has 5 unspecified atom stereocenters. The Morgan fingerprint density at radius 1 is 1.03 bits per heavy atom. The lowest BCUT2D eigenvalue weighted by atomic mass is 9.46. The van der Waals surface area contributed by atoms with E-state index in [1.165, 1.54) is 38.5 Å². The summed E-state index contributed by atoms with van der Waals surface area (Å²) in [7, 11) is 0. The molecular formula is C31H49BrN2O3. The van der Waals surface area contributed by atoms with Crippen molar-refractivity contribution >= 4 is 28.4 Å². The molecule has 0 aliphatic heterocycles. The van der Waals surface area contributed by atoms with Gasteiger partial charge in [-0.2, -0.15) is 0 Å². The molecule has 3 saturated carbocycles. The number of carbonyl (C=O) groups is 1. The fourth-order valence-electron chi connectivity index (χ4n) is 7.61. The van der Waals surface area contributed by atoms with Gasteiger partial charge in [-0.25, -0.2) is 0 Å². The summed E-state index contributed by atoms with van der Waals surface area (Å²) in [6, 6.07) is 2.02. The van der Waals surface area contributed by atoms with Gasteiger partial charge in [0.15, 0.2) is 0 Å². The third-order valence-corrected chi connectivity index (χ3v) is 10.1. The van der Waals surface area contributed by atoms with Gasteiger partial charge in [-0.05, 0) is 115 Å². The lowest BCUT2D eigenvalue weighted by molar-refractivity contribution is -0.117. The zero-order valence-electron chi connectivity index (χ0n) is 24.1. The van der Waals surface area contributed by atoms with Gasteiger partial charge in [0, 0.05) is 22.4 Å². The molecule has 0 spiro atoms. The number of allylic oxidation sites excluding steroid dienone is 2. The third-order valence-electron chi connectivity index (χ3n) is 9.71. The maximum atomic E-state index is 11.1. The van der Waals surface area contributed by atoms with Crippen molar-refractivity contribution in [1.82, 2.24) is 4.98 Å². The maximum Gasteiger partial charge on any atom is 0.143 e. The Morgan fingerprint density at radius 3 is 2.38 bits per heavy atom. The first-order valence-electron chi connectivity index (χ1n) is 14.2. The summed E-state index contributed by atoms with van der Waals surface area (Å²) in [5, 5.41) is 15.6. The highest BCUT2D eigenvalue weighted by Gasteiger charge is 2.62. The number of pyridine rings is 1. The van der Waals surface area contributed by atoms with Crippen molar-refractivity contribution in [3.8, 4) is 0 Å². The summed E-state index contributed by atoms with van der Waals surface area (Å²) in [6.45, 7) is 17.4. The molecule has 0 saturated heterocycles. The second kappa shape index (κ2) is 13.5. The van der Waals surface area contributed by atoms with E-state index in [2.05, 4.69) is 52.9 Å². The van der Waals surface area contributed by atoms with E-state index in [9.17, 15) is 5.11 Å². The molecule has 0 aromatic carbocycles. The number of hydrogen-bond donors (Lipinski definition) is 1. The zero-order chi connectivity index (χ0) is 27.9. The molecule has 6 atom stereocenters. The molecule has 37 heavy (non-hydrogen) atoms. The van der Waals surface area contributed by atoms with Crippen molar-refractivity contribution in [2.45, 2.75) is 112 Å². The number of oxime groups is 1. The van der Waals surface area contributed by atoms with Gasteiger partial charge in [0.05, 0.1) is 11.3 Å². The van der Waals surface area contributed by atoms with Crippen molar-refractivity contribution < 1.29 is 14.7 Å². The number of aromatic nitrogens is 1. The summed E-state index contributed by atoms with van der Waals surface area (Å²) in [4.78, 5) is 17.9. The Morgan fingerprint density at radius 2 is 1.70 bits per heavy atom. The van der Waals surface area contributed by atoms with E-state index in [0.717, 1.165) is 40.4 Å². The van der Waals surface area contributed by atoms with E-state index in [1.54, 1.807) is 11.8 Å². The molecule has 3 fully saturated rings. The summed E-state index contributed by atoms with van der Waals surface area (Å²) < 4.78 is 0.959. The molecule has 4 aliphatic carbocycles. The lowest BCUT2D eigenvalue weighted by Crippen LogP contribution is -2.53. The standard InChI is InChI=1S/C26H35BrN2O2.2C2H6.CH2O/c1-24-9-6-20(29-31-16-17-12-19(27)15-28-14-17)13-18(24)4-5-21-22(24)7-10-25(2)23(21)8-11-26(25,3)30;3*1-2/h12-15,21-23,30H,4-11,16H2,1-3H3;2*1-2H3;1H2/b29-20+;;;/t21?,22?,23?,24?,25?,26-;;;/m1.../s1. The van der Waals surface area contributed by atoms with Gasteiger partial charge < -0.3 is 14.7 Å². The highest BCUT2D eigenvalue weighted by Crippen LogP contribution is 2.67. The van der Waals surface area contributed by atoms with Crippen molar-refractivity contribution in [2.24, 2.45) is 33.7 Å². The minimum absolute atomic E-state index is 0.0994. The predicted octanol–water partition coefficient (Wildman–Crippen LogP) is 8.30.